The molecule has 0 aromatic carbocycles. The van der Waals surface area contributed by atoms with Crippen molar-refractivity contribution in [3.8, 4) is 5.75 Å². The summed E-state index contributed by atoms with van der Waals surface area (Å²) >= 11 is 0. The molecule has 206 valence electrons. The normalized spacial score (nSPS) is 14.6. The van der Waals surface area contributed by atoms with Crippen LogP contribution in [0.2, 0.25) is 0 Å². The van der Waals surface area contributed by atoms with Crippen LogP contribution in [-0.4, -0.2) is 74.1 Å². The van der Waals surface area contributed by atoms with Gasteiger partial charge >= 0.3 is 0 Å². The SMILES string of the molecule is CCCC(CN)CC(CNC(=O)C(Cn1ccc(=O)c(O)c1)NC(=O)COCCOC)CC(C)CN. The van der Waals surface area contributed by atoms with Gasteiger partial charge in [-0.05, 0) is 50.1 Å². The van der Waals surface area contributed by atoms with Crippen LogP contribution in [-0.2, 0) is 25.6 Å². The molecule has 11 heteroatoms. The largest absolute Gasteiger partial charge is 0.503 e. The molecule has 0 spiro atoms. The maximum absolute atomic E-state index is 13.2. The zero-order valence-electron chi connectivity index (χ0n) is 21.9. The number of nitrogens with two attached hydrogens (primary N) is 2. The molecule has 7 N–H and O–H groups in total. The van der Waals surface area contributed by atoms with Crippen LogP contribution in [0, 0.1) is 17.8 Å². The lowest BCUT2D eigenvalue weighted by Crippen LogP contribution is -2.51. The van der Waals surface area contributed by atoms with E-state index < -0.39 is 23.1 Å². The van der Waals surface area contributed by atoms with E-state index in [0.717, 1.165) is 25.7 Å². The molecule has 1 aromatic heterocycles. The molecule has 36 heavy (non-hydrogen) atoms. The summed E-state index contributed by atoms with van der Waals surface area (Å²) in [6.07, 6.45) is 6.48. The summed E-state index contributed by atoms with van der Waals surface area (Å²) in [6.45, 7) is 6.17. The zero-order chi connectivity index (χ0) is 26.9. The van der Waals surface area contributed by atoms with E-state index in [1.54, 1.807) is 0 Å². The highest BCUT2D eigenvalue weighted by molar-refractivity contribution is 5.88. The molecule has 0 saturated heterocycles. The molecule has 1 aromatic rings. The number of ether oxygens (including phenoxy) is 2. The third-order valence-corrected chi connectivity index (χ3v) is 6.07. The van der Waals surface area contributed by atoms with Crippen LogP contribution >= 0.6 is 0 Å². The van der Waals surface area contributed by atoms with Crippen molar-refractivity contribution in [3.63, 3.8) is 0 Å². The van der Waals surface area contributed by atoms with Crippen LogP contribution in [0.3, 0.4) is 0 Å². The summed E-state index contributed by atoms with van der Waals surface area (Å²) in [5.41, 5.74) is 11.3. The third kappa shape index (κ3) is 12.5. The molecule has 1 heterocycles. The fourth-order valence-electron chi connectivity index (χ4n) is 4.08. The van der Waals surface area contributed by atoms with Crippen LogP contribution in [0.25, 0.3) is 0 Å². The van der Waals surface area contributed by atoms with E-state index in [-0.39, 0.29) is 31.6 Å². The van der Waals surface area contributed by atoms with Gasteiger partial charge in [0.05, 0.1) is 19.8 Å². The summed E-state index contributed by atoms with van der Waals surface area (Å²) in [4.78, 5) is 37.1. The monoisotopic (exact) mass is 511 g/mol. The van der Waals surface area contributed by atoms with Crippen molar-refractivity contribution in [2.75, 3.05) is 46.6 Å². The molecular formula is C25H45N5O6. The van der Waals surface area contributed by atoms with E-state index in [0.29, 0.717) is 38.1 Å². The zero-order valence-corrected chi connectivity index (χ0v) is 21.9. The van der Waals surface area contributed by atoms with Gasteiger partial charge in [-0.1, -0.05) is 20.3 Å². The Bertz CT molecular complexity index is 833. The number of nitrogens with zero attached hydrogens (tertiary/aromatic N) is 1. The molecule has 4 unspecified atom stereocenters. The minimum absolute atomic E-state index is 0.0224. The van der Waals surface area contributed by atoms with Gasteiger partial charge in [-0.3, -0.25) is 14.4 Å². The minimum atomic E-state index is -0.945. The first kappa shape index (κ1) is 31.6. The Labute approximate surface area is 213 Å². The fraction of sp³-hybridized carbons (Fsp3) is 0.720. The molecular weight excluding hydrogens is 466 g/mol. The molecule has 1 rings (SSSR count). The predicted molar refractivity (Wildman–Crippen MR) is 138 cm³/mol. The molecule has 2 amide bonds. The molecule has 0 saturated carbocycles. The van der Waals surface area contributed by atoms with Gasteiger partial charge in [0.2, 0.25) is 17.2 Å². The number of pyridine rings is 1. The van der Waals surface area contributed by atoms with E-state index in [1.165, 1.54) is 30.1 Å². The number of hydrogen-bond donors (Lipinski definition) is 5. The highest BCUT2D eigenvalue weighted by Gasteiger charge is 2.24. The van der Waals surface area contributed by atoms with E-state index in [2.05, 4.69) is 24.5 Å². The molecule has 4 atom stereocenters. The number of methoxy groups -OCH3 is 1. The lowest BCUT2D eigenvalue weighted by molar-refractivity contribution is -0.132. The topological polar surface area (TPSA) is 171 Å². The van der Waals surface area contributed by atoms with Crippen molar-refractivity contribution < 1.29 is 24.2 Å². The number of carbonyl (C=O) groups is 2. The standard InChI is InChI=1S/C25H45N5O6/c1-4-5-19(13-27)11-20(10-18(2)12-26)14-28-25(34)21(29-24(33)17-36-9-8-35-3)15-30-7-6-22(31)23(32)16-30/h6-7,16,18-21,32H,4-5,8-15,17,26-27H2,1-3H3,(H,28,34)(H,29,33). The van der Waals surface area contributed by atoms with Gasteiger partial charge in [0.15, 0.2) is 5.75 Å². The van der Waals surface area contributed by atoms with E-state index in [9.17, 15) is 19.5 Å². The first-order chi connectivity index (χ1) is 17.2. The van der Waals surface area contributed by atoms with Gasteiger partial charge in [0.1, 0.15) is 12.6 Å². The molecule has 0 bridgehead atoms. The Morgan fingerprint density at radius 2 is 1.92 bits per heavy atom. The number of nitrogens with one attached hydrogen (secondary N) is 2. The van der Waals surface area contributed by atoms with Gasteiger partial charge in [-0.2, -0.15) is 0 Å². The number of amides is 2. The minimum Gasteiger partial charge on any atom is -0.503 e. The van der Waals surface area contributed by atoms with Crippen molar-refractivity contribution in [2.24, 2.45) is 29.2 Å². The molecule has 0 aliphatic heterocycles. The number of rotatable bonds is 19. The average Bonchev–Trinajstić information content (AvgIpc) is 2.86. The Morgan fingerprint density at radius 3 is 2.53 bits per heavy atom. The lowest BCUT2D eigenvalue weighted by atomic mass is 9.85. The first-order valence-corrected chi connectivity index (χ1v) is 12.7. The van der Waals surface area contributed by atoms with Crippen molar-refractivity contribution in [3.05, 3.63) is 28.7 Å². The molecule has 0 fully saturated rings. The smallest absolute Gasteiger partial charge is 0.246 e. The Hall–Kier alpha value is -2.47. The number of aromatic nitrogens is 1. The Kier molecular flexibility index (Phi) is 15.7. The van der Waals surface area contributed by atoms with E-state index in [4.69, 9.17) is 20.9 Å². The fourth-order valence-corrected chi connectivity index (χ4v) is 4.08. The number of aromatic hydroxyl groups is 1. The highest BCUT2D eigenvalue weighted by Crippen LogP contribution is 2.22. The van der Waals surface area contributed by atoms with Crippen LogP contribution < -0.4 is 27.5 Å². The summed E-state index contributed by atoms with van der Waals surface area (Å²) < 4.78 is 11.6. The van der Waals surface area contributed by atoms with Crippen LogP contribution in [0.5, 0.6) is 5.75 Å². The van der Waals surface area contributed by atoms with Gasteiger partial charge in [0, 0.05) is 32.1 Å². The molecule has 0 aliphatic rings. The number of carbonyl (C=O) groups excluding carboxylic acids is 2. The van der Waals surface area contributed by atoms with Gasteiger partial charge in [0.25, 0.3) is 0 Å². The second-order valence-electron chi connectivity index (χ2n) is 9.37. The van der Waals surface area contributed by atoms with Crippen molar-refractivity contribution >= 4 is 11.8 Å². The molecule has 0 radical (unpaired) electrons. The van der Waals surface area contributed by atoms with Crippen LogP contribution in [0.4, 0.5) is 0 Å². The maximum atomic E-state index is 13.2. The summed E-state index contributed by atoms with van der Waals surface area (Å²) in [7, 11) is 1.53. The highest BCUT2D eigenvalue weighted by atomic mass is 16.5. The van der Waals surface area contributed by atoms with Gasteiger partial charge in [-0.15, -0.1) is 0 Å². The quantitative estimate of drug-likeness (QED) is 0.164. The Balaban J connectivity index is 2.92. The van der Waals surface area contributed by atoms with Gasteiger partial charge < -0.3 is 41.2 Å². The summed E-state index contributed by atoms with van der Waals surface area (Å²) in [5.74, 6) is -0.413. The third-order valence-electron chi connectivity index (χ3n) is 6.07. The second kappa shape index (κ2) is 17.9. The summed E-state index contributed by atoms with van der Waals surface area (Å²) in [6, 6.07) is 0.254. The molecule has 11 nitrogen and oxygen atoms in total. The maximum Gasteiger partial charge on any atom is 0.246 e. The average molecular weight is 512 g/mol. The van der Waals surface area contributed by atoms with Gasteiger partial charge in [-0.25, -0.2) is 0 Å². The van der Waals surface area contributed by atoms with Crippen molar-refractivity contribution in [2.45, 2.75) is 52.1 Å². The van der Waals surface area contributed by atoms with Crippen molar-refractivity contribution in [1.29, 1.82) is 0 Å². The second-order valence-corrected chi connectivity index (χ2v) is 9.37. The number of hydrogen-bond acceptors (Lipinski definition) is 8. The summed E-state index contributed by atoms with van der Waals surface area (Å²) in [5, 5.41) is 15.4. The lowest BCUT2D eigenvalue weighted by Gasteiger charge is -2.26. The van der Waals surface area contributed by atoms with Crippen LogP contribution in [0.15, 0.2) is 23.3 Å². The first-order valence-electron chi connectivity index (χ1n) is 12.7. The van der Waals surface area contributed by atoms with E-state index in [1.807, 2.05) is 0 Å². The van der Waals surface area contributed by atoms with Crippen molar-refractivity contribution in [1.82, 2.24) is 15.2 Å². The van der Waals surface area contributed by atoms with Crippen LogP contribution in [0.1, 0.15) is 39.5 Å². The molecule has 0 aliphatic carbocycles. The predicted octanol–water partition coefficient (Wildman–Crippen LogP) is 0.184. The Morgan fingerprint density at radius 1 is 1.17 bits per heavy atom. The van der Waals surface area contributed by atoms with E-state index >= 15 is 0 Å².